The predicted molar refractivity (Wildman–Crippen MR) is 64.1 cm³/mol. The van der Waals surface area contributed by atoms with Crippen molar-refractivity contribution in [3.63, 3.8) is 0 Å². The molecule has 2 rings (SSSR count). The smallest absolute Gasteiger partial charge is 0.140 e. The van der Waals surface area contributed by atoms with E-state index in [0.29, 0.717) is 36.1 Å². The second-order valence-corrected chi connectivity index (χ2v) is 4.77. The monoisotopic (exact) mass is 258 g/mol. The molecule has 0 aromatic heterocycles. The van der Waals surface area contributed by atoms with E-state index in [-0.39, 0.29) is 11.7 Å². The van der Waals surface area contributed by atoms with Gasteiger partial charge in [-0.05, 0) is 30.2 Å². The van der Waals surface area contributed by atoms with Gasteiger partial charge in [0, 0.05) is 22.4 Å². The molecule has 1 fully saturated rings. The number of benzene rings is 1. The molecule has 4 heteroatoms. The molecule has 0 radical (unpaired) electrons. The molecule has 1 aromatic rings. The summed E-state index contributed by atoms with van der Waals surface area (Å²) in [6, 6.07) is 5.31. The third kappa shape index (κ3) is 2.76. The van der Waals surface area contributed by atoms with Crippen LogP contribution in [0.1, 0.15) is 12.0 Å². The molecule has 1 atom stereocenters. The lowest BCUT2D eigenvalue weighted by Crippen LogP contribution is -2.29. The molecule has 2 nitrogen and oxygen atoms in total. The van der Waals surface area contributed by atoms with E-state index in [1.807, 2.05) is 6.07 Å². The van der Waals surface area contributed by atoms with Gasteiger partial charge in [-0.3, -0.25) is 4.79 Å². The Bertz CT molecular complexity index is 404. The van der Waals surface area contributed by atoms with Crippen molar-refractivity contribution in [2.75, 3.05) is 13.2 Å². The minimum Gasteiger partial charge on any atom is -0.380 e. The largest absolute Gasteiger partial charge is 0.380 e. The molecule has 0 bridgehead atoms. The zero-order chi connectivity index (χ0) is 11.5. The van der Waals surface area contributed by atoms with E-state index < -0.39 is 0 Å². The molecule has 1 aliphatic rings. The van der Waals surface area contributed by atoms with Crippen LogP contribution in [0, 0.1) is 5.92 Å². The van der Waals surface area contributed by atoms with Crippen LogP contribution in [0.25, 0.3) is 0 Å². The highest BCUT2D eigenvalue weighted by Crippen LogP contribution is 2.25. The van der Waals surface area contributed by atoms with Crippen LogP contribution in [0.5, 0.6) is 0 Å². The Labute approximate surface area is 104 Å². The molecule has 0 amide bonds. The zero-order valence-electron chi connectivity index (χ0n) is 8.71. The second-order valence-electron chi connectivity index (χ2n) is 3.93. The average molecular weight is 259 g/mol. The number of ketones is 1. The highest BCUT2D eigenvalue weighted by atomic mass is 35.5. The van der Waals surface area contributed by atoms with Crippen LogP contribution in [-0.2, 0) is 16.0 Å². The van der Waals surface area contributed by atoms with Crippen molar-refractivity contribution < 1.29 is 9.53 Å². The van der Waals surface area contributed by atoms with Crippen molar-refractivity contribution >= 4 is 29.0 Å². The molecule has 1 saturated heterocycles. The maximum Gasteiger partial charge on any atom is 0.140 e. The van der Waals surface area contributed by atoms with Crippen LogP contribution in [0.4, 0.5) is 0 Å². The van der Waals surface area contributed by atoms with Crippen LogP contribution in [-0.4, -0.2) is 19.0 Å². The van der Waals surface area contributed by atoms with Gasteiger partial charge in [-0.1, -0.05) is 23.2 Å². The van der Waals surface area contributed by atoms with Crippen LogP contribution in [0.15, 0.2) is 18.2 Å². The summed E-state index contributed by atoms with van der Waals surface area (Å²) >= 11 is 11.9. The normalized spacial score (nSPS) is 21.1. The quantitative estimate of drug-likeness (QED) is 0.815. The Balaban J connectivity index is 2.13. The Morgan fingerprint density at radius 1 is 1.38 bits per heavy atom. The summed E-state index contributed by atoms with van der Waals surface area (Å²) in [7, 11) is 0. The molecule has 86 valence electrons. The standard InChI is InChI=1S/C12H12Cl2O2/c13-10-1-2-11(14)8(6-10)5-9-7-16-4-3-12(9)15/h1-2,6,9H,3-5,7H2/t9-/m1/s1. The van der Waals surface area contributed by atoms with Gasteiger partial charge in [0.25, 0.3) is 0 Å². The van der Waals surface area contributed by atoms with Crippen molar-refractivity contribution in [3.05, 3.63) is 33.8 Å². The third-order valence-corrected chi connectivity index (χ3v) is 3.35. The number of hydrogen-bond acceptors (Lipinski definition) is 2. The summed E-state index contributed by atoms with van der Waals surface area (Å²) in [6.45, 7) is 1.03. The fourth-order valence-electron chi connectivity index (χ4n) is 1.83. The molecular formula is C12H12Cl2O2. The number of ether oxygens (including phenoxy) is 1. The molecule has 0 spiro atoms. The summed E-state index contributed by atoms with van der Waals surface area (Å²) < 4.78 is 5.30. The lowest BCUT2D eigenvalue weighted by atomic mass is 9.93. The summed E-state index contributed by atoms with van der Waals surface area (Å²) in [4.78, 5) is 11.6. The molecule has 16 heavy (non-hydrogen) atoms. The number of hydrogen-bond donors (Lipinski definition) is 0. The first-order valence-electron chi connectivity index (χ1n) is 5.21. The maximum absolute atomic E-state index is 11.6. The van der Waals surface area contributed by atoms with Crippen LogP contribution in [0.2, 0.25) is 10.0 Å². The van der Waals surface area contributed by atoms with Gasteiger partial charge in [-0.2, -0.15) is 0 Å². The minimum atomic E-state index is -0.0790. The van der Waals surface area contributed by atoms with Gasteiger partial charge < -0.3 is 4.74 Å². The van der Waals surface area contributed by atoms with Gasteiger partial charge in [-0.15, -0.1) is 0 Å². The van der Waals surface area contributed by atoms with Gasteiger partial charge in [0.05, 0.1) is 13.2 Å². The summed E-state index contributed by atoms with van der Waals surface area (Å²) in [5, 5.41) is 1.30. The van der Waals surface area contributed by atoms with Gasteiger partial charge >= 0.3 is 0 Å². The van der Waals surface area contributed by atoms with Crippen LogP contribution < -0.4 is 0 Å². The second kappa shape index (κ2) is 5.17. The SMILES string of the molecule is O=C1CCOC[C@H]1Cc1cc(Cl)ccc1Cl. The summed E-state index contributed by atoms with van der Waals surface area (Å²) in [5.41, 5.74) is 0.915. The first-order valence-corrected chi connectivity index (χ1v) is 5.97. The molecule has 0 N–H and O–H groups in total. The van der Waals surface area contributed by atoms with E-state index in [9.17, 15) is 4.79 Å². The van der Waals surface area contributed by atoms with Gasteiger partial charge in [0.1, 0.15) is 5.78 Å². The molecule has 0 aliphatic carbocycles. The molecular weight excluding hydrogens is 247 g/mol. The topological polar surface area (TPSA) is 26.3 Å². The lowest BCUT2D eigenvalue weighted by Gasteiger charge is -2.21. The number of rotatable bonds is 2. The summed E-state index contributed by atoms with van der Waals surface area (Å²) in [6.07, 6.45) is 1.11. The molecule has 0 saturated carbocycles. The van der Waals surface area contributed by atoms with Crippen molar-refractivity contribution in [2.45, 2.75) is 12.8 Å². The van der Waals surface area contributed by atoms with E-state index in [2.05, 4.69) is 0 Å². The predicted octanol–water partition coefficient (Wildman–Crippen LogP) is 3.14. The highest BCUT2D eigenvalue weighted by molar-refractivity contribution is 6.33. The lowest BCUT2D eigenvalue weighted by molar-refractivity contribution is -0.130. The first-order chi connectivity index (χ1) is 7.66. The fraction of sp³-hybridized carbons (Fsp3) is 0.417. The number of Topliss-reactive ketones (excluding diaryl/α,β-unsaturated/α-hetero) is 1. The van der Waals surface area contributed by atoms with Crippen molar-refractivity contribution in [2.24, 2.45) is 5.92 Å². The van der Waals surface area contributed by atoms with Crippen molar-refractivity contribution in [1.29, 1.82) is 0 Å². The zero-order valence-corrected chi connectivity index (χ0v) is 10.2. The summed E-state index contributed by atoms with van der Waals surface area (Å²) in [5.74, 6) is 0.173. The van der Waals surface area contributed by atoms with Gasteiger partial charge in [-0.25, -0.2) is 0 Å². The number of carbonyl (C=O) groups excluding carboxylic acids is 1. The van der Waals surface area contributed by atoms with E-state index in [0.717, 1.165) is 5.56 Å². The van der Waals surface area contributed by atoms with Gasteiger partial charge in [0.2, 0.25) is 0 Å². The third-order valence-electron chi connectivity index (χ3n) is 2.74. The molecule has 1 heterocycles. The Kier molecular flexibility index (Phi) is 3.85. The Hall–Kier alpha value is -0.570. The fourth-order valence-corrected chi connectivity index (χ4v) is 2.22. The number of halogens is 2. The van der Waals surface area contributed by atoms with Gasteiger partial charge in [0.15, 0.2) is 0 Å². The molecule has 1 aromatic carbocycles. The number of carbonyl (C=O) groups is 1. The van der Waals surface area contributed by atoms with Crippen molar-refractivity contribution in [3.8, 4) is 0 Å². The molecule has 0 unspecified atom stereocenters. The van der Waals surface area contributed by atoms with E-state index in [1.165, 1.54) is 0 Å². The first kappa shape index (κ1) is 11.9. The average Bonchev–Trinajstić information content (AvgIpc) is 2.27. The van der Waals surface area contributed by atoms with Crippen LogP contribution in [0.3, 0.4) is 0 Å². The Morgan fingerprint density at radius 2 is 2.19 bits per heavy atom. The minimum absolute atomic E-state index is 0.0790. The maximum atomic E-state index is 11.6. The van der Waals surface area contributed by atoms with E-state index in [4.69, 9.17) is 27.9 Å². The Morgan fingerprint density at radius 3 is 2.94 bits per heavy atom. The van der Waals surface area contributed by atoms with Crippen LogP contribution >= 0.6 is 23.2 Å². The highest BCUT2D eigenvalue weighted by Gasteiger charge is 2.23. The van der Waals surface area contributed by atoms with E-state index >= 15 is 0 Å². The molecule has 1 aliphatic heterocycles. The van der Waals surface area contributed by atoms with E-state index in [1.54, 1.807) is 12.1 Å². The van der Waals surface area contributed by atoms with Crippen molar-refractivity contribution in [1.82, 2.24) is 0 Å².